The molecule has 1 nitrogen and oxygen atoms in total. The maximum absolute atomic E-state index is 5.90. The first-order valence-electron chi connectivity index (χ1n) is 6.46. The fourth-order valence-corrected chi connectivity index (χ4v) is 2.41. The van der Waals surface area contributed by atoms with Gasteiger partial charge in [-0.05, 0) is 30.9 Å². The zero-order valence-corrected chi connectivity index (χ0v) is 11.1. The smallest absolute Gasteiger partial charge is 0.135 e. The van der Waals surface area contributed by atoms with E-state index in [-0.39, 0.29) is 0 Å². The second kappa shape index (κ2) is 4.79. The van der Waals surface area contributed by atoms with Crippen molar-refractivity contribution in [3.8, 4) is 0 Å². The molecule has 17 heavy (non-hydrogen) atoms. The van der Waals surface area contributed by atoms with Crippen LogP contribution in [-0.4, -0.2) is 0 Å². The van der Waals surface area contributed by atoms with E-state index >= 15 is 0 Å². The fourth-order valence-electron chi connectivity index (χ4n) is 2.41. The molecule has 0 amide bonds. The Morgan fingerprint density at radius 2 is 1.88 bits per heavy atom. The zero-order chi connectivity index (χ0) is 12.4. The van der Waals surface area contributed by atoms with E-state index in [9.17, 15) is 0 Å². The molecular formula is C16H20O. The SMILES string of the molecule is CC.CC1=CCC(C)c2c1oc1ccccc21. The maximum Gasteiger partial charge on any atom is 0.135 e. The van der Waals surface area contributed by atoms with E-state index in [2.05, 4.69) is 32.1 Å². The zero-order valence-electron chi connectivity index (χ0n) is 11.1. The molecule has 0 saturated heterocycles. The van der Waals surface area contributed by atoms with Gasteiger partial charge >= 0.3 is 0 Å². The summed E-state index contributed by atoms with van der Waals surface area (Å²) in [5.74, 6) is 1.67. The van der Waals surface area contributed by atoms with Crippen molar-refractivity contribution in [2.75, 3.05) is 0 Å². The van der Waals surface area contributed by atoms with Crippen LogP contribution in [0.1, 0.15) is 51.4 Å². The van der Waals surface area contributed by atoms with Gasteiger partial charge in [-0.1, -0.05) is 45.0 Å². The summed E-state index contributed by atoms with van der Waals surface area (Å²) in [6, 6.07) is 8.32. The van der Waals surface area contributed by atoms with Crippen molar-refractivity contribution in [2.24, 2.45) is 0 Å². The molecule has 90 valence electrons. The summed E-state index contributed by atoms with van der Waals surface area (Å²) in [6.45, 7) is 8.40. The van der Waals surface area contributed by atoms with E-state index in [0.717, 1.165) is 17.8 Å². The summed E-state index contributed by atoms with van der Waals surface area (Å²) in [5, 5.41) is 1.28. The number of rotatable bonds is 0. The van der Waals surface area contributed by atoms with Crippen LogP contribution >= 0.6 is 0 Å². The summed E-state index contributed by atoms with van der Waals surface area (Å²) in [7, 11) is 0. The van der Waals surface area contributed by atoms with Gasteiger partial charge in [0.25, 0.3) is 0 Å². The quantitative estimate of drug-likeness (QED) is 0.591. The molecule has 1 heterocycles. The van der Waals surface area contributed by atoms with Crippen LogP contribution in [0.3, 0.4) is 0 Å². The van der Waals surface area contributed by atoms with E-state index in [4.69, 9.17) is 4.42 Å². The molecule has 0 bridgehead atoms. The first-order valence-corrected chi connectivity index (χ1v) is 6.46. The van der Waals surface area contributed by atoms with Gasteiger partial charge in [0.2, 0.25) is 0 Å². The molecule has 2 aromatic rings. The molecule has 3 rings (SSSR count). The van der Waals surface area contributed by atoms with Crippen LogP contribution in [0.2, 0.25) is 0 Å². The molecule has 1 atom stereocenters. The molecule has 0 spiro atoms. The van der Waals surface area contributed by atoms with Crippen molar-refractivity contribution in [2.45, 2.75) is 40.0 Å². The van der Waals surface area contributed by atoms with Gasteiger partial charge in [-0.25, -0.2) is 0 Å². The molecule has 1 aliphatic carbocycles. The maximum atomic E-state index is 5.90. The Labute approximate surface area is 103 Å². The van der Waals surface area contributed by atoms with Gasteiger partial charge < -0.3 is 4.42 Å². The molecule has 0 saturated carbocycles. The minimum absolute atomic E-state index is 0.576. The predicted octanol–water partition coefficient (Wildman–Crippen LogP) is 5.37. The van der Waals surface area contributed by atoms with Gasteiger partial charge in [0.05, 0.1) is 0 Å². The van der Waals surface area contributed by atoms with Crippen LogP contribution in [0.4, 0.5) is 0 Å². The number of benzene rings is 1. The van der Waals surface area contributed by atoms with E-state index in [1.54, 1.807) is 0 Å². The Morgan fingerprint density at radius 1 is 1.18 bits per heavy atom. The highest BCUT2D eigenvalue weighted by atomic mass is 16.3. The molecule has 0 fully saturated rings. The number of allylic oxidation sites excluding steroid dienone is 2. The average molecular weight is 228 g/mol. The van der Waals surface area contributed by atoms with Gasteiger partial charge in [0.15, 0.2) is 0 Å². The topological polar surface area (TPSA) is 13.1 Å². The first kappa shape index (κ1) is 12.0. The van der Waals surface area contributed by atoms with Crippen LogP contribution in [0.5, 0.6) is 0 Å². The summed E-state index contributed by atoms with van der Waals surface area (Å²) in [5.41, 5.74) is 3.69. The van der Waals surface area contributed by atoms with Crippen LogP contribution in [-0.2, 0) is 0 Å². The summed E-state index contributed by atoms with van der Waals surface area (Å²) in [6.07, 6.45) is 3.40. The van der Waals surface area contributed by atoms with Crippen molar-refractivity contribution in [3.63, 3.8) is 0 Å². The second-order valence-corrected chi connectivity index (χ2v) is 4.36. The minimum atomic E-state index is 0.576. The number of furan rings is 1. The number of hydrogen-bond acceptors (Lipinski definition) is 1. The van der Waals surface area contributed by atoms with Crippen LogP contribution < -0.4 is 0 Å². The molecule has 1 aromatic carbocycles. The molecule has 1 aromatic heterocycles. The lowest BCUT2D eigenvalue weighted by Gasteiger charge is -2.15. The summed E-state index contributed by atoms with van der Waals surface area (Å²) < 4.78 is 5.90. The van der Waals surface area contributed by atoms with Crippen molar-refractivity contribution >= 4 is 16.5 Å². The standard InChI is InChI=1S/C14H14O.C2H6/c1-9-7-8-10(2)14-13(9)11-5-3-4-6-12(11)15-14;1-2/h3-6,8-9H,7H2,1-2H3;1-2H3. The Balaban J connectivity index is 0.000000514. The summed E-state index contributed by atoms with van der Waals surface area (Å²) in [4.78, 5) is 0. The Hall–Kier alpha value is -1.50. The van der Waals surface area contributed by atoms with Gasteiger partial charge in [-0.3, -0.25) is 0 Å². The van der Waals surface area contributed by atoms with Crippen LogP contribution in [0.15, 0.2) is 34.8 Å². The number of hydrogen-bond donors (Lipinski definition) is 0. The lowest BCUT2D eigenvalue weighted by atomic mass is 9.88. The van der Waals surface area contributed by atoms with Gasteiger partial charge in [0.1, 0.15) is 11.3 Å². The van der Waals surface area contributed by atoms with Gasteiger partial charge in [0, 0.05) is 10.9 Å². The summed E-state index contributed by atoms with van der Waals surface area (Å²) >= 11 is 0. The molecule has 0 N–H and O–H groups in total. The second-order valence-electron chi connectivity index (χ2n) is 4.36. The lowest BCUT2D eigenvalue weighted by Crippen LogP contribution is -1.99. The van der Waals surface area contributed by atoms with Crippen molar-refractivity contribution in [1.29, 1.82) is 0 Å². The molecule has 0 aliphatic heterocycles. The normalized spacial score (nSPS) is 18.1. The van der Waals surface area contributed by atoms with Crippen molar-refractivity contribution < 1.29 is 4.42 Å². The highest BCUT2D eigenvalue weighted by Gasteiger charge is 2.22. The van der Waals surface area contributed by atoms with Crippen molar-refractivity contribution in [3.05, 3.63) is 41.7 Å². The highest BCUT2D eigenvalue weighted by molar-refractivity contribution is 5.87. The van der Waals surface area contributed by atoms with Crippen LogP contribution in [0, 0.1) is 0 Å². The third-order valence-electron chi connectivity index (χ3n) is 3.26. The highest BCUT2D eigenvalue weighted by Crippen LogP contribution is 2.40. The Kier molecular flexibility index (Phi) is 3.37. The Morgan fingerprint density at radius 3 is 2.65 bits per heavy atom. The van der Waals surface area contributed by atoms with Crippen molar-refractivity contribution in [1.82, 2.24) is 0 Å². The van der Waals surface area contributed by atoms with Gasteiger partial charge in [-0.2, -0.15) is 0 Å². The van der Waals surface area contributed by atoms with E-state index in [1.165, 1.54) is 16.5 Å². The van der Waals surface area contributed by atoms with E-state index in [0.29, 0.717) is 5.92 Å². The fraction of sp³-hybridized carbons (Fsp3) is 0.375. The molecule has 1 heteroatoms. The monoisotopic (exact) mass is 228 g/mol. The third kappa shape index (κ3) is 1.90. The van der Waals surface area contributed by atoms with E-state index < -0.39 is 0 Å². The van der Waals surface area contributed by atoms with E-state index in [1.807, 2.05) is 26.0 Å². The molecule has 1 unspecified atom stereocenters. The molecular weight excluding hydrogens is 208 g/mol. The number of para-hydroxylation sites is 1. The molecule has 1 aliphatic rings. The third-order valence-corrected chi connectivity index (χ3v) is 3.26. The largest absolute Gasteiger partial charge is 0.456 e. The molecule has 0 radical (unpaired) electrons. The lowest BCUT2D eigenvalue weighted by molar-refractivity contribution is 0.580. The minimum Gasteiger partial charge on any atom is -0.456 e. The first-order chi connectivity index (χ1) is 8.27. The predicted molar refractivity (Wildman–Crippen MR) is 74.2 cm³/mol. The average Bonchev–Trinajstić information content (AvgIpc) is 2.77. The van der Waals surface area contributed by atoms with Crippen LogP contribution in [0.25, 0.3) is 16.5 Å². The number of fused-ring (bicyclic) bond motifs is 3. The Bertz CT molecular complexity index is 546. The van der Waals surface area contributed by atoms with Gasteiger partial charge in [-0.15, -0.1) is 0 Å².